The molecule has 112 valence electrons. The molecule has 6 nitrogen and oxygen atoms in total. The summed E-state index contributed by atoms with van der Waals surface area (Å²) in [5.74, 6) is -0.0932. The van der Waals surface area contributed by atoms with Gasteiger partial charge in [-0.25, -0.2) is 0 Å². The molecule has 0 saturated heterocycles. The SMILES string of the molecule is CCCCN(C)C(=O)CSc1nc(O)c(CC)c(=O)[nH]1. The minimum atomic E-state index is -0.353. The van der Waals surface area contributed by atoms with Crippen molar-refractivity contribution in [3.63, 3.8) is 0 Å². The highest BCUT2D eigenvalue weighted by molar-refractivity contribution is 7.99. The number of unbranched alkanes of at least 4 members (excludes halogenated alkanes) is 1. The maximum atomic E-state index is 11.8. The number of nitrogens with zero attached hydrogens (tertiary/aromatic N) is 2. The average Bonchev–Trinajstić information content (AvgIpc) is 2.41. The van der Waals surface area contributed by atoms with Gasteiger partial charge in [-0.15, -0.1) is 0 Å². The van der Waals surface area contributed by atoms with Crippen LogP contribution in [0.4, 0.5) is 0 Å². The molecule has 20 heavy (non-hydrogen) atoms. The van der Waals surface area contributed by atoms with Crippen LogP contribution in [0.3, 0.4) is 0 Å². The highest BCUT2D eigenvalue weighted by Gasteiger charge is 2.12. The van der Waals surface area contributed by atoms with Crippen molar-refractivity contribution in [2.24, 2.45) is 0 Å². The Morgan fingerprint density at radius 1 is 1.45 bits per heavy atom. The number of thioether (sulfide) groups is 1. The molecule has 1 heterocycles. The fourth-order valence-corrected chi connectivity index (χ4v) is 2.41. The molecule has 0 fully saturated rings. The van der Waals surface area contributed by atoms with E-state index in [4.69, 9.17) is 0 Å². The van der Waals surface area contributed by atoms with Gasteiger partial charge in [-0.05, 0) is 12.8 Å². The van der Waals surface area contributed by atoms with Crippen LogP contribution < -0.4 is 5.56 Å². The third-order valence-corrected chi connectivity index (χ3v) is 3.79. The molecular formula is C13H21N3O3S. The zero-order valence-electron chi connectivity index (χ0n) is 12.1. The van der Waals surface area contributed by atoms with Gasteiger partial charge >= 0.3 is 0 Å². The van der Waals surface area contributed by atoms with Crippen molar-refractivity contribution >= 4 is 17.7 Å². The van der Waals surface area contributed by atoms with Gasteiger partial charge in [0, 0.05) is 13.6 Å². The first-order valence-electron chi connectivity index (χ1n) is 6.68. The second-order valence-corrected chi connectivity index (χ2v) is 5.45. The predicted octanol–water partition coefficient (Wildman–Crippen LogP) is 1.39. The number of rotatable bonds is 7. The number of carbonyl (C=O) groups is 1. The number of aromatic hydroxyl groups is 1. The van der Waals surface area contributed by atoms with Crippen LogP contribution in [-0.4, -0.2) is 45.2 Å². The minimum Gasteiger partial charge on any atom is -0.493 e. The zero-order chi connectivity index (χ0) is 15.1. The van der Waals surface area contributed by atoms with Crippen molar-refractivity contribution in [2.75, 3.05) is 19.3 Å². The lowest BCUT2D eigenvalue weighted by atomic mass is 10.2. The normalized spacial score (nSPS) is 10.6. The largest absolute Gasteiger partial charge is 0.493 e. The van der Waals surface area contributed by atoms with Gasteiger partial charge in [0.15, 0.2) is 5.16 Å². The molecule has 1 rings (SSSR count). The summed E-state index contributed by atoms with van der Waals surface area (Å²) in [4.78, 5) is 31.6. The topological polar surface area (TPSA) is 86.3 Å². The lowest BCUT2D eigenvalue weighted by Gasteiger charge is -2.16. The molecule has 0 aliphatic rings. The second-order valence-electron chi connectivity index (χ2n) is 4.48. The Kier molecular flexibility index (Phi) is 6.57. The number of hydrogen-bond acceptors (Lipinski definition) is 5. The lowest BCUT2D eigenvalue weighted by molar-refractivity contribution is -0.127. The summed E-state index contributed by atoms with van der Waals surface area (Å²) in [6.45, 7) is 4.56. The van der Waals surface area contributed by atoms with E-state index in [1.165, 1.54) is 0 Å². The summed E-state index contributed by atoms with van der Waals surface area (Å²) in [5, 5.41) is 9.89. The molecular weight excluding hydrogens is 278 g/mol. The zero-order valence-corrected chi connectivity index (χ0v) is 12.9. The third-order valence-electron chi connectivity index (χ3n) is 2.93. The first-order chi connectivity index (χ1) is 9.49. The molecule has 0 bridgehead atoms. The Hall–Kier alpha value is -1.50. The molecule has 0 aromatic carbocycles. The number of aromatic nitrogens is 2. The molecule has 0 atom stereocenters. The number of nitrogens with one attached hydrogen (secondary N) is 1. The first-order valence-corrected chi connectivity index (χ1v) is 7.67. The van der Waals surface area contributed by atoms with E-state index in [-0.39, 0.29) is 33.8 Å². The fraction of sp³-hybridized carbons (Fsp3) is 0.615. The van der Waals surface area contributed by atoms with E-state index in [2.05, 4.69) is 16.9 Å². The van der Waals surface area contributed by atoms with E-state index in [0.717, 1.165) is 31.1 Å². The quantitative estimate of drug-likeness (QED) is 0.587. The van der Waals surface area contributed by atoms with Gasteiger partial charge < -0.3 is 15.0 Å². The van der Waals surface area contributed by atoms with E-state index in [1.807, 2.05) is 0 Å². The number of amides is 1. The maximum absolute atomic E-state index is 11.8. The molecule has 1 amide bonds. The van der Waals surface area contributed by atoms with E-state index >= 15 is 0 Å². The summed E-state index contributed by atoms with van der Waals surface area (Å²) in [7, 11) is 1.76. The van der Waals surface area contributed by atoms with Crippen LogP contribution in [0.2, 0.25) is 0 Å². The van der Waals surface area contributed by atoms with E-state index in [9.17, 15) is 14.7 Å². The van der Waals surface area contributed by atoms with Crippen LogP contribution in [0.1, 0.15) is 32.3 Å². The van der Waals surface area contributed by atoms with Gasteiger partial charge in [-0.1, -0.05) is 32.0 Å². The minimum absolute atomic E-state index is 0.0230. The molecule has 0 unspecified atom stereocenters. The molecule has 0 aliphatic carbocycles. The fourth-order valence-electron chi connectivity index (χ4n) is 1.61. The Morgan fingerprint density at radius 2 is 2.15 bits per heavy atom. The number of H-pyrrole nitrogens is 1. The van der Waals surface area contributed by atoms with Gasteiger partial charge in [0.2, 0.25) is 11.8 Å². The van der Waals surface area contributed by atoms with Crippen LogP contribution in [0.5, 0.6) is 5.88 Å². The molecule has 2 N–H and O–H groups in total. The van der Waals surface area contributed by atoms with Crippen molar-refractivity contribution in [1.82, 2.24) is 14.9 Å². The summed E-state index contributed by atoms with van der Waals surface area (Å²) < 4.78 is 0. The molecule has 1 aromatic rings. The highest BCUT2D eigenvalue weighted by Crippen LogP contribution is 2.17. The monoisotopic (exact) mass is 299 g/mol. The van der Waals surface area contributed by atoms with Crippen LogP contribution in [-0.2, 0) is 11.2 Å². The summed E-state index contributed by atoms with van der Waals surface area (Å²) in [6.07, 6.45) is 2.41. The standard InChI is InChI=1S/C13H21N3O3S/c1-4-6-7-16(3)10(17)8-20-13-14-11(18)9(5-2)12(19)15-13/h4-8H2,1-3H3,(H2,14,15,18,19). The van der Waals surface area contributed by atoms with Gasteiger partial charge in [-0.2, -0.15) is 4.98 Å². The Bertz CT molecular complexity index is 516. The van der Waals surface area contributed by atoms with Crippen LogP contribution >= 0.6 is 11.8 Å². The van der Waals surface area contributed by atoms with Crippen molar-refractivity contribution in [3.05, 3.63) is 15.9 Å². The van der Waals surface area contributed by atoms with Gasteiger partial charge in [0.25, 0.3) is 5.56 Å². The number of carbonyl (C=O) groups excluding carboxylic acids is 1. The van der Waals surface area contributed by atoms with Crippen molar-refractivity contribution < 1.29 is 9.90 Å². The summed E-state index contributed by atoms with van der Waals surface area (Å²) in [6, 6.07) is 0. The van der Waals surface area contributed by atoms with Crippen LogP contribution in [0, 0.1) is 0 Å². The molecule has 0 aliphatic heterocycles. The number of aromatic amines is 1. The van der Waals surface area contributed by atoms with Crippen molar-refractivity contribution in [1.29, 1.82) is 0 Å². The average molecular weight is 299 g/mol. The van der Waals surface area contributed by atoms with Crippen molar-refractivity contribution in [3.8, 4) is 5.88 Å². The molecule has 1 aromatic heterocycles. The van der Waals surface area contributed by atoms with Gasteiger partial charge in [-0.3, -0.25) is 9.59 Å². The van der Waals surface area contributed by atoms with E-state index < -0.39 is 0 Å². The maximum Gasteiger partial charge on any atom is 0.258 e. The van der Waals surface area contributed by atoms with Crippen LogP contribution in [0.15, 0.2) is 9.95 Å². The Morgan fingerprint density at radius 3 is 2.70 bits per heavy atom. The summed E-state index contributed by atoms with van der Waals surface area (Å²) >= 11 is 1.12. The molecule has 7 heteroatoms. The van der Waals surface area contributed by atoms with Gasteiger partial charge in [0.05, 0.1) is 11.3 Å². The van der Waals surface area contributed by atoms with E-state index in [0.29, 0.717) is 6.42 Å². The Labute approximate surface area is 122 Å². The smallest absolute Gasteiger partial charge is 0.258 e. The lowest BCUT2D eigenvalue weighted by Crippen LogP contribution is -2.29. The first kappa shape index (κ1) is 16.6. The summed E-state index contributed by atoms with van der Waals surface area (Å²) in [5.41, 5.74) is -0.0879. The molecule has 0 spiro atoms. The molecule has 0 saturated carbocycles. The van der Waals surface area contributed by atoms with E-state index in [1.54, 1.807) is 18.9 Å². The van der Waals surface area contributed by atoms with Crippen molar-refractivity contribution in [2.45, 2.75) is 38.3 Å². The van der Waals surface area contributed by atoms with Crippen LogP contribution in [0.25, 0.3) is 0 Å². The second kappa shape index (κ2) is 7.94. The Balaban J connectivity index is 2.62. The highest BCUT2D eigenvalue weighted by atomic mass is 32.2. The third kappa shape index (κ3) is 4.56. The van der Waals surface area contributed by atoms with Gasteiger partial charge in [0.1, 0.15) is 0 Å². The molecule has 0 radical (unpaired) electrons. The predicted molar refractivity (Wildman–Crippen MR) is 79.2 cm³/mol. The number of hydrogen-bond donors (Lipinski definition) is 2.